The summed E-state index contributed by atoms with van der Waals surface area (Å²) in [5.41, 5.74) is 5.14. The highest BCUT2D eigenvalue weighted by molar-refractivity contribution is 7.09. The molecule has 4 nitrogen and oxygen atoms in total. The summed E-state index contributed by atoms with van der Waals surface area (Å²) in [6.45, 7) is 1.51. The standard InChI is InChI=1S/C12H18F3N3OS/c1-8(6-9-4-3-5-20-9)18(2)7-10(11(16)17-19)12(13,14)15/h3-5,8,10,19H,6-7H2,1-2H3,(H2,16,17). The minimum atomic E-state index is -4.53. The van der Waals surface area contributed by atoms with Crippen molar-refractivity contribution >= 4 is 17.2 Å². The maximum Gasteiger partial charge on any atom is 0.400 e. The minimum Gasteiger partial charge on any atom is -0.409 e. The largest absolute Gasteiger partial charge is 0.409 e. The number of hydrogen-bond acceptors (Lipinski definition) is 4. The van der Waals surface area contributed by atoms with E-state index in [1.165, 1.54) is 0 Å². The third-order valence-electron chi connectivity index (χ3n) is 3.17. The molecule has 0 radical (unpaired) electrons. The molecule has 1 aromatic rings. The van der Waals surface area contributed by atoms with Gasteiger partial charge in [0.15, 0.2) is 5.84 Å². The molecule has 0 spiro atoms. The summed E-state index contributed by atoms with van der Waals surface area (Å²) in [6.07, 6.45) is -3.87. The quantitative estimate of drug-likeness (QED) is 0.367. The zero-order valence-corrected chi connectivity index (χ0v) is 12.1. The number of alkyl halides is 3. The molecule has 0 aliphatic carbocycles. The van der Waals surface area contributed by atoms with E-state index in [0.717, 1.165) is 4.88 Å². The molecule has 3 N–H and O–H groups in total. The first-order valence-electron chi connectivity index (χ1n) is 6.02. The van der Waals surface area contributed by atoms with Crippen LogP contribution >= 0.6 is 11.3 Å². The van der Waals surface area contributed by atoms with Gasteiger partial charge in [0, 0.05) is 17.5 Å². The van der Waals surface area contributed by atoms with Crippen LogP contribution in [0.3, 0.4) is 0 Å². The van der Waals surface area contributed by atoms with Crippen LogP contribution in [0.2, 0.25) is 0 Å². The molecule has 1 aromatic heterocycles. The first-order chi connectivity index (χ1) is 9.25. The van der Waals surface area contributed by atoms with Crippen molar-refractivity contribution < 1.29 is 18.4 Å². The van der Waals surface area contributed by atoms with E-state index in [4.69, 9.17) is 10.9 Å². The first kappa shape index (κ1) is 16.8. The molecular formula is C12H18F3N3OS. The second-order valence-electron chi connectivity index (χ2n) is 4.69. The number of rotatable bonds is 6. The molecule has 2 atom stereocenters. The highest BCUT2D eigenvalue weighted by atomic mass is 32.1. The van der Waals surface area contributed by atoms with Crippen molar-refractivity contribution in [3.63, 3.8) is 0 Å². The second kappa shape index (κ2) is 6.94. The number of nitrogens with zero attached hydrogens (tertiary/aromatic N) is 2. The van der Waals surface area contributed by atoms with Gasteiger partial charge in [-0.1, -0.05) is 11.2 Å². The van der Waals surface area contributed by atoms with Crippen LogP contribution in [0.25, 0.3) is 0 Å². The van der Waals surface area contributed by atoms with Gasteiger partial charge in [-0.2, -0.15) is 13.2 Å². The Morgan fingerprint density at radius 2 is 2.20 bits per heavy atom. The number of nitrogens with two attached hydrogens (primary N) is 1. The van der Waals surface area contributed by atoms with Crippen LogP contribution in [-0.2, 0) is 6.42 Å². The van der Waals surface area contributed by atoms with Gasteiger partial charge in [0.1, 0.15) is 5.92 Å². The predicted molar refractivity (Wildman–Crippen MR) is 73.1 cm³/mol. The Bertz CT molecular complexity index is 434. The summed E-state index contributed by atoms with van der Waals surface area (Å²) >= 11 is 1.57. The lowest BCUT2D eigenvalue weighted by molar-refractivity contribution is -0.160. The maximum atomic E-state index is 12.9. The Labute approximate surface area is 119 Å². The number of oxime groups is 1. The molecular weight excluding hydrogens is 291 g/mol. The van der Waals surface area contributed by atoms with Crippen molar-refractivity contribution in [1.29, 1.82) is 0 Å². The number of likely N-dealkylation sites (N-methyl/N-ethyl adjacent to an activating group) is 1. The van der Waals surface area contributed by atoms with Crippen LogP contribution < -0.4 is 5.73 Å². The molecule has 8 heteroatoms. The molecule has 0 bridgehead atoms. The average molecular weight is 309 g/mol. The van der Waals surface area contributed by atoms with Crippen molar-refractivity contribution in [3.8, 4) is 0 Å². The lowest BCUT2D eigenvalue weighted by atomic mass is 10.1. The molecule has 0 saturated heterocycles. The summed E-state index contributed by atoms with van der Waals surface area (Å²) < 4.78 is 38.6. The summed E-state index contributed by atoms with van der Waals surface area (Å²) in [4.78, 5) is 2.67. The van der Waals surface area contributed by atoms with Crippen LogP contribution in [0.1, 0.15) is 11.8 Å². The molecule has 1 heterocycles. The molecule has 0 fully saturated rings. The normalized spacial score (nSPS) is 16.4. The summed E-state index contributed by atoms with van der Waals surface area (Å²) in [7, 11) is 1.60. The highest BCUT2D eigenvalue weighted by Gasteiger charge is 2.43. The number of hydrogen-bond donors (Lipinski definition) is 2. The third kappa shape index (κ3) is 4.68. The van der Waals surface area contributed by atoms with E-state index in [0.29, 0.717) is 6.42 Å². The van der Waals surface area contributed by atoms with E-state index >= 15 is 0 Å². The lowest BCUT2D eigenvalue weighted by Gasteiger charge is -2.29. The maximum absolute atomic E-state index is 12.9. The molecule has 0 aliphatic heterocycles. The van der Waals surface area contributed by atoms with Crippen molar-refractivity contribution in [3.05, 3.63) is 22.4 Å². The molecule has 0 aromatic carbocycles. The Balaban J connectivity index is 2.68. The van der Waals surface area contributed by atoms with E-state index in [1.54, 1.807) is 23.3 Å². The van der Waals surface area contributed by atoms with Gasteiger partial charge in [0.05, 0.1) is 0 Å². The van der Waals surface area contributed by atoms with Gasteiger partial charge in [0.2, 0.25) is 0 Å². The van der Waals surface area contributed by atoms with Gasteiger partial charge < -0.3 is 15.8 Å². The fraction of sp³-hybridized carbons (Fsp3) is 0.583. The Hall–Kier alpha value is -1.28. The summed E-state index contributed by atoms with van der Waals surface area (Å²) in [5.74, 6) is -2.78. The van der Waals surface area contributed by atoms with E-state index in [-0.39, 0.29) is 12.6 Å². The summed E-state index contributed by atoms with van der Waals surface area (Å²) in [5, 5.41) is 12.9. The van der Waals surface area contributed by atoms with Gasteiger partial charge in [-0.15, -0.1) is 11.3 Å². The van der Waals surface area contributed by atoms with Gasteiger partial charge in [-0.05, 0) is 31.8 Å². The highest BCUT2D eigenvalue weighted by Crippen LogP contribution is 2.27. The Kier molecular flexibility index (Phi) is 5.82. The number of thiophene rings is 1. The average Bonchev–Trinajstić information content (AvgIpc) is 2.86. The zero-order chi connectivity index (χ0) is 15.3. The Morgan fingerprint density at radius 1 is 1.55 bits per heavy atom. The van der Waals surface area contributed by atoms with E-state index in [2.05, 4.69) is 5.16 Å². The summed E-state index contributed by atoms with van der Waals surface area (Å²) in [6, 6.07) is 3.77. The van der Waals surface area contributed by atoms with Gasteiger partial charge in [-0.25, -0.2) is 0 Å². The topological polar surface area (TPSA) is 61.8 Å². The molecule has 0 aliphatic rings. The lowest BCUT2D eigenvalue weighted by Crippen LogP contribution is -2.46. The molecule has 20 heavy (non-hydrogen) atoms. The number of amidine groups is 1. The molecule has 0 saturated carbocycles. The Morgan fingerprint density at radius 3 is 2.65 bits per heavy atom. The fourth-order valence-corrected chi connectivity index (χ4v) is 2.60. The SMILES string of the molecule is CC(Cc1cccs1)N(C)CC(/C(N)=N/O)C(F)(F)F. The smallest absolute Gasteiger partial charge is 0.400 e. The van der Waals surface area contributed by atoms with Crippen molar-refractivity contribution in [2.75, 3.05) is 13.6 Å². The minimum absolute atomic E-state index is 0.0787. The molecule has 0 amide bonds. The van der Waals surface area contributed by atoms with Crippen molar-refractivity contribution in [2.24, 2.45) is 16.8 Å². The van der Waals surface area contributed by atoms with Gasteiger partial charge in [-0.3, -0.25) is 0 Å². The molecule has 114 valence electrons. The van der Waals surface area contributed by atoms with Crippen LogP contribution in [0, 0.1) is 5.92 Å². The second-order valence-corrected chi connectivity index (χ2v) is 5.72. The van der Waals surface area contributed by atoms with Crippen LogP contribution in [-0.4, -0.2) is 41.8 Å². The van der Waals surface area contributed by atoms with E-state index < -0.39 is 17.9 Å². The number of halogens is 3. The van der Waals surface area contributed by atoms with Crippen molar-refractivity contribution in [1.82, 2.24) is 4.90 Å². The van der Waals surface area contributed by atoms with Gasteiger partial charge in [0.25, 0.3) is 0 Å². The third-order valence-corrected chi connectivity index (χ3v) is 4.07. The van der Waals surface area contributed by atoms with Crippen LogP contribution in [0.15, 0.2) is 22.7 Å². The fourth-order valence-electron chi connectivity index (χ4n) is 1.78. The van der Waals surface area contributed by atoms with Crippen LogP contribution in [0.5, 0.6) is 0 Å². The predicted octanol–water partition coefficient (Wildman–Crippen LogP) is 2.54. The van der Waals surface area contributed by atoms with E-state index in [9.17, 15) is 13.2 Å². The molecule has 2 unspecified atom stereocenters. The van der Waals surface area contributed by atoms with E-state index in [1.807, 2.05) is 24.4 Å². The zero-order valence-electron chi connectivity index (χ0n) is 11.3. The first-order valence-corrected chi connectivity index (χ1v) is 6.90. The molecule has 1 rings (SSSR count). The van der Waals surface area contributed by atoms with Gasteiger partial charge >= 0.3 is 6.18 Å². The monoisotopic (exact) mass is 309 g/mol. The van der Waals surface area contributed by atoms with Crippen molar-refractivity contribution in [2.45, 2.75) is 25.6 Å². The van der Waals surface area contributed by atoms with Crippen LogP contribution in [0.4, 0.5) is 13.2 Å².